The Morgan fingerprint density at radius 3 is 2.67 bits per heavy atom. The van der Waals surface area contributed by atoms with Gasteiger partial charge in [0.1, 0.15) is 17.9 Å². The lowest BCUT2D eigenvalue weighted by Crippen LogP contribution is -2.59. The number of amides is 1. The number of likely N-dealkylation sites (tertiary alicyclic amines) is 1. The molecule has 1 unspecified atom stereocenters. The van der Waals surface area contributed by atoms with Gasteiger partial charge in [0.05, 0.1) is 24.9 Å². The van der Waals surface area contributed by atoms with Gasteiger partial charge in [-0.05, 0) is 51.0 Å². The van der Waals surface area contributed by atoms with E-state index in [2.05, 4.69) is 44.2 Å². The molecule has 12 heteroatoms. The molecular formula is C30H39F2N7O3. The molecule has 4 atom stereocenters. The van der Waals surface area contributed by atoms with Crippen LogP contribution in [0.4, 0.5) is 31.8 Å². The van der Waals surface area contributed by atoms with E-state index in [1.807, 2.05) is 6.92 Å². The van der Waals surface area contributed by atoms with Crippen LogP contribution in [0.1, 0.15) is 44.0 Å². The quantitative estimate of drug-likeness (QED) is 0.366. The second kappa shape index (κ2) is 11.8. The fourth-order valence-corrected chi connectivity index (χ4v) is 6.49. The fraction of sp³-hybridized carbons (Fsp3) is 0.533. The molecule has 2 aromatic rings. The van der Waals surface area contributed by atoms with Crippen LogP contribution in [-0.2, 0) is 16.1 Å². The fourth-order valence-electron chi connectivity index (χ4n) is 6.49. The summed E-state index contributed by atoms with van der Waals surface area (Å²) < 4.78 is 36.4. The van der Waals surface area contributed by atoms with Gasteiger partial charge in [-0.1, -0.05) is 6.58 Å². The summed E-state index contributed by atoms with van der Waals surface area (Å²) in [6.45, 7) is 12.1. The van der Waals surface area contributed by atoms with Crippen molar-refractivity contribution in [1.29, 1.82) is 0 Å². The highest BCUT2D eigenvalue weighted by Gasteiger charge is 2.34. The Balaban J connectivity index is 1.21. The van der Waals surface area contributed by atoms with E-state index in [9.17, 15) is 9.90 Å². The van der Waals surface area contributed by atoms with Crippen molar-refractivity contribution in [2.75, 3.05) is 54.9 Å². The molecule has 1 aromatic carbocycles. The molecule has 4 aliphatic heterocycles. The SMILES string of the molecule is C=CC(=O)N1C[C@H](Nc2nc(Nc3ccc(N4CCN(C5COC5)C[C@@H]4C)c(F)c3)c3c(c2F)CNC3O)CC[C@@H]1C. The average Bonchev–Trinajstić information content (AvgIpc) is 3.33. The molecule has 3 saturated heterocycles. The highest BCUT2D eigenvalue weighted by atomic mass is 19.1. The van der Waals surface area contributed by atoms with E-state index in [-0.39, 0.29) is 48.0 Å². The zero-order valence-corrected chi connectivity index (χ0v) is 24.1. The first-order valence-electron chi connectivity index (χ1n) is 14.7. The van der Waals surface area contributed by atoms with E-state index in [0.717, 1.165) is 45.7 Å². The summed E-state index contributed by atoms with van der Waals surface area (Å²) in [6, 6.07) is 5.38. The summed E-state index contributed by atoms with van der Waals surface area (Å²) in [6.07, 6.45) is 1.66. The number of carbonyl (C=O) groups is 1. The minimum atomic E-state index is -1.11. The normalized spacial score (nSPS) is 26.5. The van der Waals surface area contributed by atoms with Gasteiger partial charge in [-0.25, -0.2) is 13.8 Å². The molecule has 5 heterocycles. The van der Waals surface area contributed by atoms with Crippen LogP contribution in [-0.4, -0.2) is 89.4 Å². The first kappa shape index (κ1) is 28.8. The Kier molecular flexibility index (Phi) is 8.05. The van der Waals surface area contributed by atoms with Crippen LogP contribution in [0.2, 0.25) is 0 Å². The Morgan fingerprint density at radius 2 is 1.98 bits per heavy atom. The zero-order valence-electron chi connectivity index (χ0n) is 24.1. The summed E-state index contributed by atoms with van der Waals surface area (Å²) in [5.74, 6) is -0.820. The lowest BCUT2D eigenvalue weighted by Gasteiger charge is -2.46. The third-order valence-corrected chi connectivity index (χ3v) is 9.02. The number of ether oxygens (including phenoxy) is 1. The Morgan fingerprint density at radius 1 is 1.17 bits per heavy atom. The van der Waals surface area contributed by atoms with Crippen molar-refractivity contribution in [3.8, 4) is 0 Å². The van der Waals surface area contributed by atoms with Crippen molar-refractivity contribution in [3.05, 3.63) is 53.6 Å². The Bertz CT molecular complexity index is 1360. The number of halogens is 2. The minimum Gasteiger partial charge on any atom is -0.378 e. The smallest absolute Gasteiger partial charge is 0.246 e. The molecule has 0 spiro atoms. The molecule has 10 nitrogen and oxygen atoms in total. The van der Waals surface area contributed by atoms with Crippen molar-refractivity contribution in [2.45, 2.75) is 63.6 Å². The van der Waals surface area contributed by atoms with Crippen LogP contribution < -0.4 is 20.9 Å². The van der Waals surface area contributed by atoms with E-state index < -0.39 is 12.0 Å². The molecule has 6 rings (SSSR count). The number of anilines is 4. The van der Waals surface area contributed by atoms with E-state index in [4.69, 9.17) is 4.74 Å². The molecule has 4 N–H and O–H groups in total. The molecule has 0 radical (unpaired) electrons. The maximum atomic E-state index is 15.6. The van der Waals surface area contributed by atoms with Gasteiger partial charge in [0, 0.05) is 67.7 Å². The predicted octanol–water partition coefficient (Wildman–Crippen LogP) is 3.08. The lowest BCUT2D eigenvalue weighted by molar-refractivity contribution is -0.129. The molecule has 4 aliphatic rings. The highest BCUT2D eigenvalue weighted by molar-refractivity contribution is 5.87. The average molecular weight is 584 g/mol. The molecule has 0 saturated carbocycles. The van der Waals surface area contributed by atoms with E-state index >= 15 is 8.78 Å². The largest absolute Gasteiger partial charge is 0.378 e. The van der Waals surface area contributed by atoms with Crippen molar-refractivity contribution in [3.63, 3.8) is 0 Å². The summed E-state index contributed by atoms with van der Waals surface area (Å²) in [4.78, 5) is 23.1. The van der Waals surface area contributed by atoms with Crippen molar-refractivity contribution in [1.82, 2.24) is 20.1 Å². The van der Waals surface area contributed by atoms with Crippen LogP contribution in [0, 0.1) is 11.6 Å². The van der Waals surface area contributed by atoms with Gasteiger partial charge >= 0.3 is 0 Å². The number of fused-ring (bicyclic) bond motifs is 1. The number of piperidine rings is 1. The number of hydrogen-bond donors (Lipinski definition) is 4. The molecule has 1 amide bonds. The molecule has 226 valence electrons. The number of rotatable bonds is 7. The number of aliphatic hydroxyl groups excluding tert-OH is 1. The second-order valence-corrected chi connectivity index (χ2v) is 11.8. The molecule has 1 aromatic heterocycles. The Hall–Kier alpha value is -3.32. The van der Waals surface area contributed by atoms with Gasteiger partial charge in [0.25, 0.3) is 0 Å². The number of benzene rings is 1. The molecule has 3 fully saturated rings. The van der Waals surface area contributed by atoms with E-state index in [0.29, 0.717) is 35.1 Å². The Labute approximate surface area is 244 Å². The van der Waals surface area contributed by atoms with Gasteiger partial charge in [0.15, 0.2) is 11.6 Å². The third-order valence-electron chi connectivity index (χ3n) is 9.02. The van der Waals surface area contributed by atoms with Gasteiger partial charge in [0.2, 0.25) is 5.91 Å². The summed E-state index contributed by atoms with van der Waals surface area (Å²) in [5, 5.41) is 19.7. The summed E-state index contributed by atoms with van der Waals surface area (Å²) >= 11 is 0. The van der Waals surface area contributed by atoms with Crippen molar-refractivity contribution >= 4 is 28.9 Å². The number of nitrogens with zero attached hydrogens (tertiary/aromatic N) is 4. The van der Waals surface area contributed by atoms with E-state index in [1.54, 1.807) is 17.0 Å². The topological polar surface area (TPSA) is 105 Å². The predicted molar refractivity (Wildman–Crippen MR) is 157 cm³/mol. The first-order chi connectivity index (χ1) is 20.2. The molecule has 42 heavy (non-hydrogen) atoms. The van der Waals surface area contributed by atoms with Gasteiger partial charge < -0.3 is 30.3 Å². The monoisotopic (exact) mass is 583 g/mol. The molecule has 0 aliphatic carbocycles. The minimum absolute atomic E-state index is 0.0263. The number of hydrogen-bond acceptors (Lipinski definition) is 9. The standard InChI is InChI=1S/C30H39F2N7O3/c1-4-25(40)39-14-20(6-5-17(39)2)35-29-27(32)22-12-33-30(41)26(22)28(36-29)34-19-7-8-24(23(31)11-19)38-10-9-37(13-18(38)3)21-15-42-16-21/h4,7-8,11,17-18,20-21,30,33,41H,1,5-6,9-10,12-16H2,2-3H3,(H2,34,35,36)/t17-,18-,20+,30?/m0/s1. The number of aliphatic hydroxyl groups is 1. The van der Waals surface area contributed by atoms with Crippen LogP contribution in [0.5, 0.6) is 0 Å². The summed E-state index contributed by atoms with van der Waals surface area (Å²) in [7, 11) is 0. The number of piperazine rings is 1. The van der Waals surface area contributed by atoms with Crippen LogP contribution >= 0.6 is 0 Å². The number of aromatic nitrogens is 1. The lowest BCUT2D eigenvalue weighted by atomic mass is 9.99. The maximum absolute atomic E-state index is 15.6. The number of pyridine rings is 1. The van der Waals surface area contributed by atoms with Gasteiger partial charge in [-0.3, -0.25) is 15.0 Å². The second-order valence-electron chi connectivity index (χ2n) is 11.8. The van der Waals surface area contributed by atoms with Crippen LogP contribution in [0.15, 0.2) is 30.9 Å². The van der Waals surface area contributed by atoms with Gasteiger partial charge in [-0.15, -0.1) is 0 Å². The number of nitrogens with one attached hydrogen (secondary N) is 3. The summed E-state index contributed by atoms with van der Waals surface area (Å²) in [5.41, 5.74) is 1.57. The van der Waals surface area contributed by atoms with Gasteiger partial charge in [-0.2, -0.15) is 0 Å². The molecule has 0 bridgehead atoms. The third kappa shape index (κ3) is 5.44. The number of carbonyl (C=O) groups excluding carboxylic acids is 1. The highest BCUT2D eigenvalue weighted by Crippen LogP contribution is 2.37. The van der Waals surface area contributed by atoms with Crippen molar-refractivity contribution < 1.29 is 23.4 Å². The van der Waals surface area contributed by atoms with Crippen LogP contribution in [0.25, 0.3) is 0 Å². The first-order valence-corrected chi connectivity index (χ1v) is 14.7. The van der Waals surface area contributed by atoms with Crippen LogP contribution in [0.3, 0.4) is 0 Å². The maximum Gasteiger partial charge on any atom is 0.246 e. The van der Waals surface area contributed by atoms with E-state index in [1.165, 1.54) is 12.1 Å². The molecular weight excluding hydrogens is 544 g/mol. The zero-order chi connectivity index (χ0) is 29.5. The van der Waals surface area contributed by atoms with Crippen molar-refractivity contribution in [2.24, 2.45) is 0 Å².